The summed E-state index contributed by atoms with van der Waals surface area (Å²) in [5.41, 5.74) is -0.106. The molecule has 1 fully saturated rings. The van der Waals surface area contributed by atoms with Crippen LogP contribution < -0.4 is 10.9 Å². The van der Waals surface area contributed by atoms with E-state index < -0.39 is 0 Å². The van der Waals surface area contributed by atoms with Crippen LogP contribution in [0.25, 0.3) is 0 Å². The molecule has 1 aliphatic carbocycles. The Kier molecular flexibility index (Phi) is 2.66. The molecule has 5 heteroatoms. The van der Waals surface area contributed by atoms with Crippen molar-refractivity contribution >= 4 is 5.82 Å². The first-order chi connectivity index (χ1) is 8.70. The van der Waals surface area contributed by atoms with Gasteiger partial charge in [0.25, 0.3) is 5.56 Å². The average molecular weight is 245 g/mol. The summed E-state index contributed by atoms with van der Waals surface area (Å²) < 4.78 is 5.45. The van der Waals surface area contributed by atoms with Gasteiger partial charge in [0.15, 0.2) is 0 Å². The number of nitrogens with one attached hydrogen (secondary N) is 2. The van der Waals surface area contributed by atoms with E-state index in [1.165, 1.54) is 6.07 Å². The summed E-state index contributed by atoms with van der Waals surface area (Å²) >= 11 is 0. The number of hydrogen-bond acceptors (Lipinski definition) is 4. The van der Waals surface area contributed by atoms with Gasteiger partial charge < -0.3 is 14.7 Å². The predicted molar refractivity (Wildman–Crippen MR) is 67.6 cm³/mol. The summed E-state index contributed by atoms with van der Waals surface area (Å²) in [7, 11) is 0. The third-order valence-electron chi connectivity index (χ3n) is 2.96. The molecule has 0 aliphatic heterocycles. The van der Waals surface area contributed by atoms with Crippen molar-refractivity contribution in [3.63, 3.8) is 0 Å². The Hall–Kier alpha value is -2.04. The largest absolute Gasteiger partial charge is 0.465 e. The summed E-state index contributed by atoms with van der Waals surface area (Å²) in [5.74, 6) is 3.55. The highest BCUT2D eigenvalue weighted by Gasteiger charge is 2.26. The van der Waals surface area contributed by atoms with E-state index >= 15 is 0 Å². The Morgan fingerprint density at radius 2 is 2.33 bits per heavy atom. The van der Waals surface area contributed by atoms with Crippen LogP contribution in [-0.2, 0) is 6.54 Å². The molecule has 1 saturated carbocycles. The van der Waals surface area contributed by atoms with E-state index in [1.807, 2.05) is 19.1 Å². The third kappa shape index (κ3) is 2.45. The second-order valence-corrected chi connectivity index (χ2v) is 4.66. The molecular formula is C13H15N3O2. The molecule has 0 atom stereocenters. The van der Waals surface area contributed by atoms with Crippen LogP contribution in [0.2, 0.25) is 0 Å². The number of furan rings is 1. The van der Waals surface area contributed by atoms with E-state index in [4.69, 9.17) is 4.42 Å². The molecule has 1 aliphatic rings. The maximum Gasteiger partial charge on any atom is 0.252 e. The van der Waals surface area contributed by atoms with Crippen molar-refractivity contribution in [2.45, 2.75) is 32.2 Å². The fourth-order valence-corrected chi connectivity index (χ4v) is 1.87. The zero-order valence-electron chi connectivity index (χ0n) is 10.2. The fourth-order valence-electron chi connectivity index (χ4n) is 1.87. The van der Waals surface area contributed by atoms with Crippen molar-refractivity contribution in [2.24, 2.45) is 0 Å². The van der Waals surface area contributed by atoms with Gasteiger partial charge in [0.05, 0.1) is 6.54 Å². The Balaban J connectivity index is 1.73. The van der Waals surface area contributed by atoms with Gasteiger partial charge in [0.2, 0.25) is 0 Å². The summed E-state index contributed by atoms with van der Waals surface area (Å²) in [4.78, 5) is 18.7. The molecule has 3 rings (SSSR count). The Labute approximate surface area is 104 Å². The lowest BCUT2D eigenvalue weighted by molar-refractivity contribution is 0.490. The van der Waals surface area contributed by atoms with Crippen LogP contribution in [0.4, 0.5) is 5.82 Å². The van der Waals surface area contributed by atoms with Gasteiger partial charge in [-0.05, 0) is 31.9 Å². The van der Waals surface area contributed by atoms with Crippen molar-refractivity contribution in [1.82, 2.24) is 9.97 Å². The molecule has 0 saturated heterocycles. The molecule has 0 radical (unpaired) electrons. The van der Waals surface area contributed by atoms with Crippen LogP contribution in [0.3, 0.4) is 0 Å². The quantitative estimate of drug-likeness (QED) is 0.866. The first-order valence-electron chi connectivity index (χ1n) is 6.11. The standard InChI is InChI=1S/C13H15N3O2/c1-8-2-5-10(18-8)7-14-11-6-12(17)16-13(15-11)9-3-4-9/h2,5-6,9H,3-4,7H2,1H3,(H2,14,15,16,17). The zero-order valence-corrected chi connectivity index (χ0v) is 10.2. The van der Waals surface area contributed by atoms with Crippen molar-refractivity contribution < 1.29 is 4.42 Å². The predicted octanol–water partition coefficient (Wildman–Crippen LogP) is 2.16. The minimum atomic E-state index is -0.106. The van der Waals surface area contributed by atoms with E-state index in [0.29, 0.717) is 18.3 Å². The lowest BCUT2D eigenvalue weighted by Gasteiger charge is -2.05. The molecule has 0 unspecified atom stereocenters. The highest BCUT2D eigenvalue weighted by atomic mass is 16.3. The van der Waals surface area contributed by atoms with Gasteiger partial charge in [-0.1, -0.05) is 0 Å². The van der Waals surface area contributed by atoms with Crippen molar-refractivity contribution in [3.8, 4) is 0 Å². The van der Waals surface area contributed by atoms with Crippen molar-refractivity contribution in [3.05, 3.63) is 45.9 Å². The average Bonchev–Trinajstić information content (AvgIpc) is 3.10. The van der Waals surface area contributed by atoms with Crippen LogP contribution in [-0.4, -0.2) is 9.97 Å². The van der Waals surface area contributed by atoms with Crippen LogP contribution in [0.1, 0.15) is 36.1 Å². The number of anilines is 1. The second kappa shape index (κ2) is 4.33. The number of aromatic nitrogens is 2. The minimum absolute atomic E-state index is 0.106. The van der Waals surface area contributed by atoms with Crippen molar-refractivity contribution in [2.75, 3.05) is 5.32 Å². The molecule has 5 nitrogen and oxygen atoms in total. The normalized spacial score (nSPS) is 14.7. The van der Waals surface area contributed by atoms with E-state index in [-0.39, 0.29) is 5.56 Å². The molecule has 2 aromatic heterocycles. The van der Waals surface area contributed by atoms with Crippen LogP contribution in [0.15, 0.2) is 27.4 Å². The highest BCUT2D eigenvalue weighted by Crippen LogP contribution is 2.37. The van der Waals surface area contributed by atoms with E-state index in [9.17, 15) is 4.79 Å². The van der Waals surface area contributed by atoms with Crippen LogP contribution >= 0.6 is 0 Å². The Morgan fingerprint density at radius 1 is 1.50 bits per heavy atom. The van der Waals surface area contributed by atoms with E-state index in [1.54, 1.807) is 0 Å². The summed E-state index contributed by atoms with van der Waals surface area (Å²) in [6, 6.07) is 5.30. The number of nitrogens with zero attached hydrogens (tertiary/aromatic N) is 1. The first kappa shape index (κ1) is 11.1. The summed E-state index contributed by atoms with van der Waals surface area (Å²) in [6.07, 6.45) is 2.23. The van der Waals surface area contributed by atoms with Gasteiger partial charge in [-0.3, -0.25) is 4.79 Å². The minimum Gasteiger partial charge on any atom is -0.465 e. The fraction of sp³-hybridized carbons (Fsp3) is 0.385. The molecule has 2 N–H and O–H groups in total. The van der Waals surface area contributed by atoms with Gasteiger partial charge in [-0.15, -0.1) is 0 Å². The monoisotopic (exact) mass is 245 g/mol. The molecule has 2 heterocycles. The lowest BCUT2D eigenvalue weighted by Crippen LogP contribution is -2.13. The number of aryl methyl sites for hydroxylation is 1. The topological polar surface area (TPSA) is 70.9 Å². The second-order valence-electron chi connectivity index (χ2n) is 4.66. The van der Waals surface area contributed by atoms with Gasteiger partial charge in [0, 0.05) is 12.0 Å². The highest BCUT2D eigenvalue weighted by molar-refractivity contribution is 5.34. The third-order valence-corrected chi connectivity index (χ3v) is 2.96. The van der Waals surface area contributed by atoms with Gasteiger partial charge >= 0.3 is 0 Å². The summed E-state index contributed by atoms with van der Waals surface area (Å²) in [5, 5.41) is 3.11. The molecule has 94 valence electrons. The molecule has 2 aromatic rings. The number of aromatic amines is 1. The van der Waals surface area contributed by atoms with E-state index in [2.05, 4.69) is 15.3 Å². The SMILES string of the molecule is Cc1ccc(CNc2cc(=O)[nH]c(C3CC3)n2)o1. The van der Waals surface area contributed by atoms with Gasteiger partial charge in [-0.2, -0.15) is 0 Å². The number of H-pyrrole nitrogens is 1. The maximum atomic E-state index is 11.5. The molecule has 0 aromatic carbocycles. The molecule has 0 spiro atoms. The maximum absolute atomic E-state index is 11.5. The molecular weight excluding hydrogens is 230 g/mol. The number of hydrogen-bond donors (Lipinski definition) is 2. The van der Waals surface area contributed by atoms with E-state index in [0.717, 1.165) is 30.2 Å². The zero-order chi connectivity index (χ0) is 12.5. The van der Waals surface area contributed by atoms with Crippen molar-refractivity contribution in [1.29, 1.82) is 0 Å². The molecule has 0 amide bonds. The Morgan fingerprint density at radius 3 is 3.00 bits per heavy atom. The first-order valence-corrected chi connectivity index (χ1v) is 6.11. The summed E-state index contributed by atoms with van der Waals surface area (Å²) in [6.45, 7) is 2.44. The van der Waals surface area contributed by atoms with Crippen LogP contribution in [0, 0.1) is 6.92 Å². The molecule has 18 heavy (non-hydrogen) atoms. The van der Waals surface area contributed by atoms with Gasteiger partial charge in [-0.25, -0.2) is 4.98 Å². The number of rotatable bonds is 4. The van der Waals surface area contributed by atoms with Crippen LogP contribution in [0.5, 0.6) is 0 Å². The lowest BCUT2D eigenvalue weighted by atomic mass is 10.4. The Bertz CT molecular complexity index is 611. The van der Waals surface area contributed by atoms with Gasteiger partial charge in [0.1, 0.15) is 23.2 Å². The molecule has 0 bridgehead atoms. The smallest absolute Gasteiger partial charge is 0.252 e.